The Balaban J connectivity index is 2.46. The number of sulfonamides is 1. The Bertz CT molecular complexity index is 760. The molecule has 0 amide bonds. The first-order chi connectivity index (χ1) is 9.29. The Labute approximate surface area is 126 Å². The highest BCUT2D eigenvalue weighted by molar-refractivity contribution is 9.10. The van der Waals surface area contributed by atoms with Gasteiger partial charge in [0.25, 0.3) is 10.0 Å². The third-order valence-electron chi connectivity index (χ3n) is 2.81. The van der Waals surface area contributed by atoms with Gasteiger partial charge in [0.05, 0.1) is 10.6 Å². The second-order valence-corrected chi connectivity index (χ2v) is 7.00. The second kappa shape index (κ2) is 5.54. The van der Waals surface area contributed by atoms with Gasteiger partial charge in [-0.15, -0.1) is 0 Å². The van der Waals surface area contributed by atoms with Crippen molar-refractivity contribution in [3.63, 3.8) is 0 Å². The number of anilines is 1. The highest BCUT2D eigenvalue weighted by atomic mass is 79.9. The molecule has 106 valence electrons. The van der Waals surface area contributed by atoms with Crippen LogP contribution >= 0.6 is 15.9 Å². The zero-order valence-corrected chi connectivity index (χ0v) is 13.3. The lowest BCUT2D eigenvalue weighted by Crippen LogP contribution is -2.15. The van der Waals surface area contributed by atoms with Gasteiger partial charge in [0.1, 0.15) is 5.82 Å². The third kappa shape index (κ3) is 3.19. The number of hydrogen-bond donors (Lipinski definition) is 1. The molecule has 0 heterocycles. The van der Waals surface area contributed by atoms with E-state index in [1.54, 1.807) is 19.1 Å². The predicted octanol–water partition coefficient (Wildman–Crippen LogP) is 4.01. The van der Waals surface area contributed by atoms with Gasteiger partial charge in [-0.1, -0.05) is 12.1 Å². The summed E-state index contributed by atoms with van der Waals surface area (Å²) in [5, 5.41) is 0. The molecular weight excluding hydrogens is 345 g/mol. The van der Waals surface area contributed by atoms with Crippen LogP contribution in [0.1, 0.15) is 11.1 Å². The number of rotatable bonds is 3. The smallest absolute Gasteiger partial charge is 0.262 e. The van der Waals surface area contributed by atoms with Crippen molar-refractivity contribution in [2.75, 3.05) is 4.72 Å². The standard InChI is InChI=1S/C14H13BrFNO2S/c1-9-3-6-12(15)13(7-9)17-20(18,19)14-8-11(16)5-4-10(14)2/h3-8,17H,1-2H3. The maximum Gasteiger partial charge on any atom is 0.262 e. The van der Waals surface area contributed by atoms with Gasteiger partial charge in [0.15, 0.2) is 0 Å². The van der Waals surface area contributed by atoms with Crippen LogP contribution in [0.3, 0.4) is 0 Å². The van der Waals surface area contributed by atoms with E-state index in [0.29, 0.717) is 15.7 Å². The lowest BCUT2D eigenvalue weighted by molar-refractivity contribution is 0.594. The molecule has 2 rings (SSSR count). The topological polar surface area (TPSA) is 46.2 Å². The summed E-state index contributed by atoms with van der Waals surface area (Å²) >= 11 is 3.29. The molecule has 0 atom stereocenters. The first-order valence-corrected chi connectivity index (χ1v) is 8.12. The first kappa shape index (κ1) is 15.0. The van der Waals surface area contributed by atoms with Crippen LogP contribution in [-0.4, -0.2) is 8.42 Å². The molecule has 0 saturated heterocycles. The number of hydrogen-bond acceptors (Lipinski definition) is 2. The minimum atomic E-state index is -3.83. The van der Waals surface area contributed by atoms with Crippen LogP contribution in [0.25, 0.3) is 0 Å². The van der Waals surface area contributed by atoms with E-state index in [1.165, 1.54) is 12.1 Å². The molecule has 0 fully saturated rings. The van der Waals surface area contributed by atoms with Crippen molar-refractivity contribution < 1.29 is 12.8 Å². The van der Waals surface area contributed by atoms with Crippen molar-refractivity contribution in [1.82, 2.24) is 0 Å². The van der Waals surface area contributed by atoms with Crippen LogP contribution in [0.15, 0.2) is 45.8 Å². The van der Waals surface area contributed by atoms with Crippen LogP contribution in [0.5, 0.6) is 0 Å². The SMILES string of the molecule is Cc1ccc(Br)c(NS(=O)(=O)c2cc(F)ccc2C)c1. The van der Waals surface area contributed by atoms with Gasteiger partial charge in [-0.25, -0.2) is 12.8 Å². The van der Waals surface area contributed by atoms with Crippen LogP contribution in [0, 0.1) is 19.7 Å². The Hall–Kier alpha value is -1.40. The van der Waals surface area contributed by atoms with Crippen LogP contribution in [0.4, 0.5) is 10.1 Å². The molecule has 1 N–H and O–H groups in total. The molecule has 0 radical (unpaired) electrons. The van der Waals surface area contributed by atoms with Gasteiger partial charge >= 0.3 is 0 Å². The summed E-state index contributed by atoms with van der Waals surface area (Å²) in [4.78, 5) is -0.0640. The molecule has 0 bridgehead atoms. The van der Waals surface area contributed by atoms with Crippen molar-refractivity contribution in [2.24, 2.45) is 0 Å². The molecule has 0 aliphatic carbocycles. The Morgan fingerprint density at radius 3 is 2.50 bits per heavy atom. The van der Waals surface area contributed by atoms with E-state index in [4.69, 9.17) is 0 Å². The zero-order chi connectivity index (χ0) is 14.9. The Morgan fingerprint density at radius 1 is 1.10 bits per heavy atom. The fourth-order valence-electron chi connectivity index (χ4n) is 1.78. The summed E-state index contributed by atoms with van der Waals surface area (Å²) in [6, 6.07) is 9.00. The largest absolute Gasteiger partial charge is 0.278 e. The Kier molecular flexibility index (Phi) is 4.15. The van der Waals surface area contributed by atoms with E-state index >= 15 is 0 Å². The van der Waals surface area contributed by atoms with E-state index in [2.05, 4.69) is 20.7 Å². The number of halogens is 2. The maximum atomic E-state index is 13.3. The third-order valence-corrected chi connectivity index (χ3v) is 5.00. The molecule has 0 aliphatic rings. The van der Waals surface area contributed by atoms with Gasteiger partial charge in [0, 0.05) is 4.47 Å². The Morgan fingerprint density at radius 2 is 1.80 bits per heavy atom. The molecular formula is C14H13BrFNO2S. The fourth-order valence-corrected chi connectivity index (χ4v) is 3.59. The van der Waals surface area contributed by atoms with Crippen LogP contribution < -0.4 is 4.72 Å². The normalized spacial score (nSPS) is 11.4. The van der Waals surface area contributed by atoms with Gasteiger partial charge in [-0.05, 0) is 65.2 Å². The zero-order valence-electron chi connectivity index (χ0n) is 10.9. The number of aryl methyl sites for hydroxylation is 2. The maximum absolute atomic E-state index is 13.3. The van der Waals surface area contributed by atoms with E-state index in [0.717, 1.165) is 11.6 Å². The molecule has 0 aliphatic heterocycles. The highest BCUT2D eigenvalue weighted by Crippen LogP contribution is 2.27. The molecule has 0 unspecified atom stereocenters. The monoisotopic (exact) mass is 357 g/mol. The molecule has 0 aromatic heterocycles. The van der Waals surface area contributed by atoms with E-state index in [9.17, 15) is 12.8 Å². The van der Waals surface area contributed by atoms with Gasteiger partial charge < -0.3 is 0 Å². The molecule has 3 nitrogen and oxygen atoms in total. The second-order valence-electron chi connectivity index (χ2n) is 4.50. The van der Waals surface area contributed by atoms with Crippen LogP contribution in [0.2, 0.25) is 0 Å². The highest BCUT2D eigenvalue weighted by Gasteiger charge is 2.18. The minimum absolute atomic E-state index is 0.0640. The molecule has 6 heteroatoms. The fraction of sp³-hybridized carbons (Fsp3) is 0.143. The number of benzene rings is 2. The minimum Gasteiger partial charge on any atom is -0.278 e. The summed E-state index contributed by atoms with van der Waals surface area (Å²) in [5.74, 6) is -0.584. The molecule has 2 aromatic rings. The lowest BCUT2D eigenvalue weighted by Gasteiger charge is -2.12. The van der Waals surface area contributed by atoms with E-state index in [-0.39, 0.29) is 4.90 Å². The average Bonchev–Trinajstić information content (AvgIpc) is 2.36. The first-order valence-electron chi connectivity index (χ1n) is 5.85. The van der Waals surface area contributed by atoms with Crippen molar-refractivity contribution >= 4 is 31.6 Å². The summed E-state index contributed by atoms with van der Waals surface area (Å²) < 4.78 is 41.0. The van der Waals surface area contributed by atoms with Gasteiger partial charge in [-0.3, -0.25) is 4.72 Å². The molecule has 2 aromatic carbocycles. The van der Waals surface area contributed by atoms with Crippen molar-refractivity contribution in [2.45, 2.75) is 18.7 Å². The molecule has 20 heavy (non-hydrogen) atoms. The lowest BCUT2D eigenvalue weighted by atomic mass is 10.2. The molecule has 0 saturated carbocycles. The van der Waals surface area contributed by atoms with Crippen molar-refractivity contribution in [3.05, 3.63) is 57.8 Å². The average molecular weight is 358 g/mol. The van der Waals surface area contributed by atoms with E-state index in [1.807, 2.05) is 13.0 Å². The predicted molar refractivity (Wildman–Crippen MR) is 80.8 cm³/mol. The van der Waals surface area contributed by atoms with Gasteiger partial charge in [0.2, 0.25) is 0 Å². The summed E-state index contributed by atoms with van der Waals surface area (Å²) in [6.07, 6.45) is 0. The van der Waals surface area contributed by atoms with Crippen molar-refractivity contribution in [1.29, 1.82) is 0 Å². The van der Waals surface area contributed by atoms with E-state index < -0.39 is 15.8 Å². The summed E-state index contributed by atoms with van der Waals surface area (Å²) in [7, 11) is -3.83. The summed E-state index contributed by atoms with van der Waals surface area (Å²) in [5.41, 5.74) is 1.83. The summed E-state index contributed by atoms with van der Waals surface area (Å²) in [6.45, 7) is 3.48. The molecule has 0 spiro atoms. The number of nitrogens with one attached hydrogen (secondary N) is 1. The quantitative estimate of drug-likeness (QED) is 0.901. The van der Waals surface area contributed by atoms with Crippen molar-refractivity contribution in [3.8, 4) is 0 Å². The van der Waals surface area contributed by atoms with Crippen LogP contribution in [-0.2, 0) is 10.0 Å². The van der Waals surface area contributed by atoms with Gasteiger partial charge in [-0.2, -0.15) is 0 Å².